The summed E-state index contributed by atoms with van der Waals surface area (Å²) in [7, 11) is 0. The summed E-state index contributed by atoms with van der Waals surface area (Å²) in [5, 5.41) is 8.52. The van der Waals surface area contributed by atoms with Crippen LogP contribution in [0.4, 0.5) is 0 Å². The quantitative estimate of drug-likeness (QED) is 0.429. The zero-order chi connectivity index (χ0) is 6.57. The molecule has 1 nitrogen and oxygen atoms in total. The minimum absolute atomic E-state index is 0.124. The highest BCUT2D eigenvalue weighted by atomic mass is 16.3. The second-order valence-corrected chi connectivity index (χ2v) is 2.09. The van der Waals surface area contributed by atoms with E-state index in [1.165, 1.54) is 0 Å². The summed E-state index contributed by atoms with van der Waals surface area (Å²) in [6, 6.07) is 0. The zero-order valence-electron chi connectivity index (χ0n) is 5.39. The molecule has 0 bridgehead atoms. The molecule has 0 aliphatic heterocycles. The Balaban J connectivity index is 3.50. The standard InChI is InChI=1S/C7H12O/c1-6(2)4-5-7(3)8/h4-6,8H,3H2,1-2H3/b5-4+. The van der Waals surface area contributed by atoms with E-state index in [1.54, 1.807) is 6.08 Å². The molecule has 0 aromatic heterocycles. The number of hydrogen-bond donors (Lipinski definition) is 1. The van der Waals surface area contributed by atoms with E-state index in [0.717, 1.165) is 0 Å². The lowest BCUT2D eigenvalue weighted by Gasteiger charge is -1.90. The molecule has 0 unspecified atom stereocenters. The third-order valence-electron chi connectivity index (χ3n) is 0.674. The minimum Gasteiger partial charge on any atom is -0.509 e. The Bertz CT molecular complexity index is 101. The Labute approximate surface area is 50.3 Å². The van der Waals surface area contributed by atoms with Gasteiger partial charge in [-0.3, -0.25) is 0 Å². The van der Waals surface area contributed by atoms with Gasteiger partial charge in [0.2, 0.25) is 0 Å². The highest BCUT2D eigenvalue weighted by Crippen LogP contribution is 1.95. The Morgan fingerprint density at radius 1 is 1.62 bits per heavy atom. The first-order valence-corrected chi connectivity index (χ1v) is 2.69. The molecule has 0 aromatic rings. The summed E-state index contributed by atoms with van der Waals surface area (Å²) >= 11 is 0. The van der Waals surface area contributed by atoms with Crippen molar-refractivity contribution >= 4 is 0 Å². The van der Waals surface area contributed by atoms with Gasteiger partial charge in [-0.2, -0.15) is 0 Å². The van der Waals surface area contributed by atoms with Gasteiger partial charge in [0.1, 0.15) is 5.76 Å². The first-order chi connectivity index (χ1) is 3.63. The van der Waals surface area contributed by atoms with Crippen LogP contribution in [0.25, 0.3) is 0 Å². The Morgan fingerprint density at radius 3 is 2.25 bits per heavy atom. The Hall–Kier alpha value is -0.720. The van der Waals surface area contributed by atoms with Gasteiger partial charge in [-0.05, 0) is 12.0 Å². The van der Waals surface area contributed by atoms with Crippen LogP contribution < -0.4 is 0 Å². The number of aliphatic hydroxyl groups excluding tert-OH is 1. The molecule has 0 saturated heterocycles. The van der Waals surface area contributed by atoms with Crippen molar-refractivity contribution in [3.05, 3.63) is 24.5 Å². The molecule has 1 N–H and O–H groups in total. The van der Waals surface area contributed by atoms with Crippen molar-refractivity contribution < 1.29 is 5.11 Å². The molecule has 0 heterocycles. The van der Waals surface area contributed by atoms with Crippen LogP contribution in [0, 0.1) is 5.92 Å². The number of hydrogen-bond acceptors (Lipinski definition) is 1. The molecule has 0 aliphatic rings. The van der Waals surface area contributed by atoms with E-state index in [4.69, 9.17) is 5.11 Å². The SMILES string of the molecule is C=C(O)/C=C/C(C)C. The van der Waals surface area contributed by atoms with Gasteiger partial charge in [-0.1, -0.05) is 26.5 Å². The second kappa shape index (κ2) is 3.30. The number of allylic oxidation sites excluding steroid dienone is 2. The predicted octanol–water partition coefficient (Wildman–Crippen LogP) is 2.27. The fraction of sp³-hybridized carbons (Fsp3) is 0.429. The molecule has 1 heteroatoms. The zero-order valence-corrected chi connectivity index (χ0v) is 5.39. The van der Waals surface area contributed by atoms with Crippen molar-refractivity contribution in [2.75, 3.05) is 0 Å². The van der Waals surface area contributed by atoms with E-state index in [2.05, 4.69) is 6.58 Å². The maximum absolute atomic E-state index is 8.52. The average molecular weight is 112 g/mol. The monoisotopic (exact) mass is 112 g/mol. The number of aliphatic hydroxyl groups is 1. The molecule has 0 atom stereocenters. The van der Waals surface area contributed by atoms with Crippen LogP contribution >= 0.6 is 0 Å². The molecule has 0 fully saturated rings. The largest absolute Gasteiger partial charge is 0.509 e. The molecule has 8 heavy (non-hydrogen) atoms. The van der Waals surface area contributed by atoms with Crippen LogP contribution in [-0.2, 0) is 0 Å². The molecular weight excluding hydrogens is 100 g/mol. The molecule has 0 rings (SSSR count). The summed E-state index contributed by atoms with van der Waals surface area (Å²) in [4.78, 5) is 0. The van der Waals surface area contributed by atoms with Gasteiger partial charge in [0, 0.05) is 0 Å². The lowest BCUT2D eigenvalue weighted by atomic mass is 10.2. The van der Waals surface area contributed by atoms with Gasteiger partial charge in [-0.15, -0.1) is 0 Å². The Kier molecular flexibility index (Phi) is 3.01. The van der Waals surface area contributed by atoms with Gasteiger partial charge >= 0.3 is 0 Å². The average Bonchev–Trinajstić information content (AvgIpc) is 1.61. The van der Waals surface area contributed by atoms with Crippen LogP contribution in [0.1, 0.15) is 13.8 Å². The summed E-state index contributed by atoms with van der Waals surface area (Å²) in [5.74, 6) is 0.609. The summed E-state index contributed by atoms with van der Waals surface area (Å²) in [6.45, 7) is 7.38. The molecule has 46 valence electrons. The van der Waals surface area contributed by atoms with Crippen LogP contribution in [0.3, 0.4) is 0 Å². The minimum atomic E-state index is 0.124. The van der Waals surface area contributed by atoms with Crippen molar-refractivity contribution in [3.8, 4) is 0 Å². The van der Waals surface area contributed by atoms with E-state index in [1.807, 2.05) is 19.9 Å². The van der Waals surface area contributed by atoms with Gasteiger partial charge in [0.25, 0.3) is 0 Å². The van der Waals surface area contributed by atoms with Crippen molar-refractivity contribution in [2.24, 2.45) is 5.92 Å². The maximum Gasteiger partial charge on any atom is 0.108 e. The molecule has 0 amide bonds. The highest BCUT2D eigenvalue weighted by molar-refractivity contribution is 5.05. The van der Waals surface area contributed by atoms with Crippen molar-refractivity contribution in [1.82, 2.24) is 0 Å². The first kappa shape index (κ1) is 7.28. The summed E-state index contributed by atoms with van der Waals surface area (Å²) in [5.41, 5.74) is 0. The van der Waals surface area contributed by atoms with Crippen molar-refractivity contribution in [3.63, 3.8) is 0 Å². The van der Waals surface area contributed by atoms with E-state index >= 15 is 0 Å². The van der Waals surface area contributed by atoms with Crippen LogP contribution in [0.2, 0.25) is 0 Å². The lowest BCUT2D eigenvalue weighted by molar-refractivity contribution is 0.434. The van der Waals surface area contributed by atoms with E-state index in [0.29, 0.717) is 5.92 Å². The topological polar surface area (TPSA) is 20.2 Å². The van der Waals surface area contributed by atoms with Gasteiger partial charge < -0.3 is 5.11 Å². The van der Waals surface area contributed by atoms with Gasteiger partial charge in [0.05, 0.1) is 0 Å². The third kappa shape index (κ3) is 5.28. The summed E-state index contributed by atoms with van der Waals surface area (Å²) in [6.07, 6.45) is 3.49. The van der Waals surface area contributed by atoms with E-state index in [-0.39, 0.29) is 5.76 Å². The maximum atomic E-state index is 8.52. The second-order valence-electron chi connectivity index (χ2n) is 2.09. The smallest absolute Gasteiger partial charge is 0.108 e. The predicted molar refractivity (Wildman–Crippen MR) is 35.7 cm³/mol. The Morgan fingerprint density at radius 2 is 2.12 bits per heavy atom. The first-order valence-electron chi connectivity index (χ1n) is 2.69. The highest BCUT2D eigenvalue weighted by Gasteiger charge is 1.82. The van der Waals surface area contributed by atoms with Crippen LogP contribution in [0.15, 0.2) is 24.5 Å². The normalized spacial score (nSPS) is 10.9. The summed E-state index contributed by atoms with van der Waals surface area (Å²) < 4.78 is 0. The van der Waals surface area contributed by atoms with Crippen LogP contribution in [-0.4, -0.2) is 5.11 Å². The van der Waals surface area contributed by atoms with Crippen molar-refractivity contribution in [1.29, 1.82) is 0 Å². The number of rotatable bonds is 2. The molecule has 0 spiro atoms. The molecule has 0 radical (unpaired) electrons. The molecule has 0 saturated carbocycles. The fourth-order valence-corrected chi connectivity index (χ4v) is 0.304. The van der Waals surface area contributed by atoms with Crippen LogP contribution in [0.5, 0.6) is 0 Å². The van der Waals surface area contributed by atoms with E-state index in [9.17, 15) is 0 Å². The molecular formula is C7H12O. The molecule has 0 aromatic carbocycles. The van der Waals surface area contributed by atoms with Gasteiger partial charge in [0.15, 0.2) is 0 Å². The fourth-order valence-electron chi connectivity index (χ4n) is 0.304. The molecule has 0 aliphatic carbocycles. The van der Waals surface area contributed by atoms with E-state index < -0.39 is 0 Å². The lowest BCUT2D eigenvalue weighted by Crippen LogP contribution is -1.77. The van der Waals surface area contributed by atoms with Crippen molar-refractivity contribution in [2.45, 2.75) is 13.8 Å². The third-order valence-corrected chi connectivity index (χ3v) is 0.674. The van der Waals surface area contributed by atoms with Gasteiger partial charge in [-0.25, -0.2) is 0 Å².